The van der Waals surface area contributed by atoms with Gasteiger partial charge in [0.15, 0.2) is 0 Å². The van der Waals surface area contributed by atoms with E-state index in [2.05, 4.69) is 13.8 Å². The van der Waals surface area contributed by atoms with Crippen molar-refractivity contribution in [1.29, 1.82) is 0 Å². The zero-order valence-corrected chi connectivity index (χ0v) is 25.9. The summed E-state index contributed by atoms with van der Waals surface area (Å²) in [6.07, 6.45) is 39.6. The van der Waals surface area contributed by atoms with Gasteiger partial charge in [-0.05, 0) is 25.7 Å². The van der Waals surface area contributed by atoms with Gasteiger partial charge >= 0.3 is 0 Å². The highest BCUT2D eigenvalue weighted by atomic mass is 16.3. The molecule has 0 radical (unpaired) electrons. The molecule has 222 valence electrons. The van der Waals surface area contributed by atoms with Crippen LogP contribution in [0.5, 0.6) is 0 Å². The maximum absolute atomic E-state index is 11.8. The molecule has 1 atom stereocenters. The monoisotopic (exact) mass is 523 g/mol. The fraction of sp³-hybridized carbons (Fsp3) is 0.971. The molecule has 37 heavy (non-hydrogen) atoms. The Morgan fingerprint density at radius 3 is 0.973 bits per heavy atom. The predicted octanol–water partition coefficient (Wildman–Crippen LogP) is 12.0. The molecule has 0 saturated heterocycles. The van der Waals surface area contributed by atoms with Gasteiger partial charge in [0, 0.05) is 12.8 Å². The van der Waals surface area contributed by atoms with Gasteiger partial charge in [-0.25, -0.2) is 0 Å². The number of carbonyl (C=O) groups is 1. The second kappa shape index (κ2) is 31.8. The lowest BCUT2D eigenvalue weighted by atomic mass is 10.0. The normalized spacial score (nSPS) is 12.3. The van der Waals surface area contributed by atoms with Crippen LogP contribution in [0.2, 0.25) is 0 Å². The van der Waals surface area contributed by atoms with E-state index in [1.54, 1.807) is 0 Å². The molecule has 0 rings (SSSR count). The molecule has 0 amide bonds. The number of hydrogen-bond donors (Lipinski definition) is 1. The number of ketones is 1. The van der Waals surface area contributed by atoms with E-state index < -0.39 is 0 Å². The van der Waals surface area contributed by atoms with E-state index in [1.807, 2.05) is 0 Å². The van der Waals surface area contributed by atoms with Gasteiger partial charge in [-0.2, -0.15) is 0 Å². The standard InChI is InChI=1S/C35H70O2/c1-3-5-7-23-27-31-35(37)33-29-25-22-20-18-16-14-12-10-9-11-13-15-17-19-21-24-28-32-34(36)30-26-8-6-4-2/h35,37H,3-33H2,1-2H3/t35-/m0/s1. The Hall–Kier alpha value is -0.370. The molecule has 0 saturated carbocycles. The number of aliphatic hydroxyl groups is 1. The fourth-order valence-electron chi connectivity index (χ4n) is 5.53. The molecule has 0 aromatic carbocycles. The van der Waals surface area contributed by atoms with Crippen molar-refractivity contribution in [1.82, 2.24) is 0 Å². The molecular formula is C35H70O2. The topological polar surface area (TPSA) is 37.3 Å². The molecule has 0 unspecified atom stereocenters. The van der Waals surface area contributed by atoms with Crippen LogP contribution in [0.25, 0.3) is 0 Å². The van der Waals surface area contributed by atoms with Gasteiger partial charge < -0.3 is 5.11 Å². The minimum atomic E-state index is -0.0424. The quantitative estimate of drug-likeness (QED) is 0.0892. The van der Waals surface area contributed by atoms with Crippen LogP contribution in [0.3, 0.4) is 0 Å². The molecule has 0 aliphatic carbocycles. The summed E-state index contributed by atoms with van der Waals surface area (Å²) >= 11 is 0. The van der Waals surface area contributed by atoms with Crippen molar-refractivity contribution in [3.05, 3.63) is 0 Å². The molecule has 0 bridgehead atoms. The van der Waals surface area contributed by atoms with Crippen molar-refractivity contribution in [2.75, 3.05) is 0 Å². The minimum Gasteiger partial charge on any atom is -0.393 e. The van der Waals surface area contributed by atoms with Crippen molar-refractivity contribution >= 4 is 5.78 Å². The summed E-state index contributed by atoms with van der Waals surface area (Å²) in [5, 5.41) is 10.1. The third-order valence-electron chi connectivity index (χ3n) is 8.19. The third kappa shape index (κ3) is 31.7. The number of hydrogen-bond acceptors (Lipinski definition) is 2. The van der Waals surface area contributed by atoms with Gasteiger partial charge in [0.25, 0.3) is 0 Å². The summed E-state index contributed by atoms with van der Waals surface area (Å²) in [5.74, 6) is 0.502. The Balaban J connectivity index is 3.14. The highest BCUT2D eigenvalue weighted by Gasteiger charge is 2.04. The SMILES string of the molecule is CCCCCCC[C@H](O)CCCCCCCCCCCCCCCCCCCCC(=O)CCCCCC. The molecule has 2 nitrogen and oxygen atoms in total. The number of rotatable bonds is 32. The summed E-state index contributed by atoms with van der Waals surface area (Å²) in [7, 11) is 0. The first-order chi connectivity index (χ1) is 18.2. The van der Waals surface area contributed by atoms with Gasteiger partial charge in [0.2, 0.25) is 0 Å². The van der Waals surface area contributed by atoms with Crippen LogP contribution in [0.1, 0.15) is 213 Å². The molecule has 0 aliphatic rings. The van der Waals surface area contributed by atoms with E-state index in [9.17, 15) is 9.90 Å². The van der Waals surface area contributed by atoms with E-state index in [4.69, 9.17) is 0 Å². The first-order valence-corrected chi connectivity index (χ1v) is 17.4. The molecule has 0 heterocycles. The van der Waals surface area contributed by atoms with Crippen LogP contribution in [-0.2, 0) is 4.79 Å². The zero-order valence-electron chi connectivity index (χ0n) is 25.9. The van der Waals surface area contributed by atoms with Crippen molar-refractivity contribution < 1.29 is 9.90 Å². The van der Waals surface area contributed by atoms with Gasteiger partial charge in [-0.3, -0.25) is 4.79 Å². The molecule has 0 spiro atoms. The first kappa shape index (κ1) is 36.6. The summed E-state index contributed by atoms with van der Waals surface area (Å²) in [6, 6.07) is 0. The maximum atomic E-state index is 11.8. The molecule has 0 aromatic rings. The minimum absolute atomic E-state index is 0.0424. The van der Waals surface area contributed by atoms with Crippen LogP contribution in [0.4, 0.5) is 0 Å². The Bertz CT molecular complexity index is 433. The Labute approximate surface area is 234 Å². The zero-order chi connectivity index (χ0) is 27.1. The van der Waals surface area contributed by atoms with Gasteiger partial charge in [0.05, 0.1) is 6.10 Å². The Morgan fingerprint density at radius 1 is 0.405 bits per heavy atom. The number of unbranched alkanes of at least 4 members (excludes halogenated alkanes) is 24. The van der Waals surface area contributed by atoms with Gasteiger partial charge in [-0.15, -0.1) is 0 Å². The van der Waals surface area contributed by atoms with E-state index in [0.717, 1.165) is 38.5 Å². The lowest BCUT2D eigenvalue weighted by Gasteiger charge is -2.10. The summed E-state index contributed by atoms with van der Waals surface area (Å²) in [6.45, 7) is 4.48. The van der Waals surface area contributed by atoms with Gasteiger partial charge in [-0.1, -0.05) is 174 Å². The number of Topliss-reactive ketones (excluding diaryl/α,β-unsaturated/α-hetero) is 1. The molecule has 0 aromatic heterocycles. The summed E-state index contributed by atoms with van der Waals surface area (Å²) in [4.78, 5) is 11.8. The van der Waals surface area contributed by atoms with E-state index >= 15 is 0 Å². The van der Waals surface area contributed by atoms with E-state index in [-0.39, 0.29) is 6.10 Å². The van der Waals surface area contributed by atoms with Crippen LogP contribution in [-0.4, -0.2) is 17.0 Å². The fourth-order valence-corrected chi connectivity index (χ4v) is 5.53. The highest BCUT2D eigenvalue weighted by molar-refractivity contribution is 5.78. The molecule has 2 heteroatoms. The van der Waals surface area contributed by atoms with Crippen molar-refractivity contribution in [3.63, 3.8) is 0 Å². The second-order valence-corrected chi connectivity index (χ2v) is 12.1. The summed E-state index contributed by atoms with van der Waals surface area (Å²) in [5.41, 5.74) is 0. The van der Waals surface area contributed by atoms with Crippen molar-refractivity contribution in [2.45, 2.75) is 219 Å². The number of aliphatic hydroxyl groups excluding tert-OH is 1. The van der Waals surface area contributed by atoms with Crippen LogP contribution < -0.4 is 0 Å². The van der Waals surface area contributed by atoms with Gasteiger partial charge in [0.1, 0.15) is 5.78 Å². The van der Waals surface area contributed by atoms with Crippen molar-refractivity contribution in [2.24, 2.45) is 0 Å². The largest absolute Gasteiger partial charge is 0.393 e. The maximum Gasteiger partial charge on any atom is 0.132 e. The lowest BCUT2D eigenvalue weighted by molar-refractivity contribution is -0.119. The molecule has 0 aliphatic heterocycles. The molecule has 1 N–H and O–H groups in total. The number of carbonyl (C=O) groups excluding carboxylic acids is 1. The lowest BCUT2D eigenvalue weighted by Crippen LogP contribution is -2.05. The molecule has 0 fully saturated rings. The predicted molar refractivity (Wildman–Crippen MR) is 165 cm³/mol. The van der Waals surface area contributed by atoms with Crippen LogP contribution in [0.15, 0.2) is 0 Å². The average molecular weight is 523 g/mol. The van der Waals surface area contributed by atoms with Crippen LogP contribution >= 0.6 is 0 Å². The van der Waals surface area contributed by atoms with Crippen molar-refractivity contribution in [3.8, 4) is 0 Å². The van der Waals surface area contributed by atoms with Crippen LogP contribution in [0, 0.1) is 0 Å². The average Bonchev–Trinajstić information content (AvgIpc) is 2.90. The van der Waals surface area contributed by atoms with E-state index in [1.165, 1.54) is 161 Å². The highest BCUT2D eigenvalue weighted by Crippen LogP contribution is 2.16. The van der Waals surface area contributed by atoms with E-state index in [0.29, 0.717) is 5.78 Å². The first-order valence-electron chi connectivity index (χ1n) is 17.4. The third-order valence-corrected chi connectivity index (χ3v) is 8.19. The smallest absolute Gasteiger partial charge is 0.132 e. The molecular weight excluding hydrogens is 452 g/mol. The Morgan fingerprint density at radius 2 is 0.649 bits per heavy atom. The summed E-state index contributed by atoms with van der Waals surface area (Å²) < 4.78 is 0. The Kier molecular flexibility index (Phi) is 31.5. The second-order valence-electron chi connectivity index (χ2n) is 12.1.